The van der Waals surface area contributed by atoms with Crippen LogP contribution in [0.15, 0.2) is 41.3 Å². The van der Waals surface area contributed by atoms with Crippen LogP contribution in [-0.2, 0) is 9.53 Å². The van der Waals surface area contributed by atoms with Gasteiger partial charge in [0.1, 0.15) is 5.56 Å². The molecule has 166 valence electrons. The van der Waals surface area contributed by atoms with Crippen molar-refractivity contribution in [3.63, 3.8) is 0 Å². The van der Waals surface area contributed by atoms with Gasteiger partial charge in [0, 0.05) is 0 Å². The standard InChI is InChI=1S/C22H19NO7S2/c1-4-30-21(27)12-5-8-14(9-6-12)23-19(24)16(32-22(23)31)11-13-7-10-15(28-2)18(29-3)17(13)20(25)26/h5-11H,4H2,1-3H3,(H,25,26)/b16-11-. The van der Waals surface area contributed by atoms with Crippen LogP contribution in [0.25, 0.3) is 6.08 Å². The monoisotopic (exact) mass is 473 g/mol. The van der Waals surface area contributed by atoms with Gasteiger partial charge in [-0.25, -0.2) is 9.59 Å². The van der Waals surface area contributed by atoms with Gasteiger partial charge in [0.25, 0.3) is 5.91 Å². The maximum absolute atomic E-state index is 13.1. The summed E-state index contributed by atoms with van der Waals surface area (Å²) in [5.74, 6) is -1.78. The van der Waals surface area contributed by atoms with E-state index in [0.29, 0.717) is 11.3 Å². The first-order chi connectivity index (χ1) is 15.3. The van der Waals surface area contributed by atoms with Crippen LogP contribution >= 0.6 is 24.0 Å². The first kappa shape index (κ1) is 23.3. The number of aromatic carboxylic acids is 1. The van der Waals surface area contributed by atoms with Crippen LogP contribution in [0.1, 0.15) is 33.2 Å². The summed E-state index contributed by atoms with van der Waals surface area (Å²) in [4.78, 5) is 38.3. The molecule has 1 heterocycles. The topological polar surface area (TPSA) is 102 Å². The number of hydrogen-bond donors (Lipinski definition) is 1. The van der Waals surface area contributed by atoms with Gasteiger partial charge in [-0.15, -0.1) is 0 Å². The van der Waals surface area contributed by atoms with E-state index in [4.69, 9.17) is 26.4 Å². The van der Waals surface area contributed by atoms with Gasteiger partial charge in [0.15, 0.2) is 15.8 Å². The predicted molar refractivity (Wildman–Crippen MR) is 125 cm³/mol. The van der Waals surface area contributed by atoms with E-state index in [1.165, 1.54) is 31.3 Å². The Morgan fingerprint density at radius 3 is 2.38 bits per heavy atom. The lowest BCUT2D eigenvalue weighted by Gasteiger charge is -2.15. The fraction of sp³-hybridized carbons (Fsp3) is 0.182. The summed E-state index contributed by atoms with van der Waals surface area (Å²) in [6.45, 7) is 1.97. The van der Waals surface area contributed by atoms with Crippen LogP contribution in [0.3, 0.4) is 0 Å². The molecule has 3 rings (SSSR count). The smallest absolute Gasteiger partial charge is 0.340 e. The van der Waals surface area contributed by atoms with Gasteiger partial charge >= 0.3 is 11.9 Å². The van der Waals surface area contributed by atoms with Gasteiger partial charge in [-0.05, 0) is 48.9 Å². The molecule has 1 aliphatic rings. The summed E-state index contributed by atoms with van der Waals surface area (Å²) in [7, 11) is 2.75. The summed E-state index contributed by atoms with van der Waals surface area (Å²) in [6, 6.07) is 9.38. The quantitative estimate of drug-likeness (QED) is 0.363. The van der Waals surface area contributed by atoms with E-state index in [-0.39, 0.29) is 38.5 Å². The number of thioether (sulfide) groups is 1. The lowest BCUT2D eigenvalue weighted by molar-refractivity contribution is -0.113. The largest absolute Gasteiger partial charge is 0.493 e. The van der Waals surface area contributed by atoms with Gasteiger partial charge < -0.3 is 19.3 Å². The van der Waals surface area contributed by atoms with Crippen molar-refractivity contribution in [1.29, 1.82) is 0 Å². The molecule has 0 aliphatic carbocycles. The van der Waals surface area contributed by atoms with E-state index < -0.39 is 17.8 Å². The second-order valence-corrected chi connectivity index (χ2v) is 8.03. The van der Waals surface area contributed by atoms with Gasteiger partial charge in [0.05, 0.1) is 37.0 Å². The van der Waals surface area contributed by atoms with Gasteiger partial charge in [-0.2, -0.15) is 0 Å². The normalized spacial score (nSPS) is 14.6. The zero-order chi connectivity index (χ0) is 23.4. The number of benzene rings is 2. The molecule has 32 heavy (non-hydrogen) atoms. The Morgan fingerprint density at radius 2 is 1.81 bits per heavy atom. The average Bonchev–Trinajstić information content (AvgIpc) is 3.06. The summed E-state index contributed by atoms with van der Waals surface area (Å²) < 4.78 is 15.6. The molecule has 1 N–H and O–H groups in total. The van der Waals surface area contributed by atoms with Crippen LogP contribution in [0.5, 0.6) is 11.5 Å². The molecule has 8 nitrogen and oxygen atoms in total. The number of nitrogens with zero attached hydrogens (tertiary/aromatic N) is 1. The van der Waals surface area contributed by atoms with Crippen LogP contribution in [0, 0.1) is 0 Å². The number of carboxylic acid groups (broad SMARTS) is 1. The zero-order valence-electron chi connectivity index (χ0n) is 17.4. The number of carbonyl (C=O) groups is 3. The number of rotatable bonds is 7. The van der Waals surface area contributed by atoms with E-state index in [2.05, 4.69) is 0 Å². The summed E-state index contributed by atoms with van der Waals surface area (Å²) >= 11 is 6.41. The lowest BCUT2D eigenvalue weighted by atomic mass is 10.0. The minimum absolute atomic E-state index is 0.0544. The summed E-state index contributed by atoms with van der Waals surface area (Å²) in [5.41, 5.74) is 0.979. The molecule has 0 bridgehead atoms. The van der Waals surface area contributed by atoms with Crippen LogP contribution in [0.2, 0.25) is 0 Å². The molecule has 0 spiro atoms. The Hall–Kier alpha value is -3.37. The second kappa shape index (κ2) is 9.84. The molecular formula is C22H19NO7S2. The molecule has 2 aromatic carbocycles. The predicted octanol–water partition coefficient (Wildman–Crippen LogP) is 3.98. The molecule has 0 unspecified atom stereocenters. The highest BCUT2D eigenvalue weighted by molar-refractivity contribution is 8.27. The van der Waals surface area contributed by atoms with Crippen molar-refractivity contribution < 1.29 is 33.7 Å². The Morgan fingerprint density at radius 1 is 1.12 bits per heavy atom. The highest BCUT2D eigenvalue weighted by Crippen LogP contribution is 2.39. The summed E-state index contributed by atoms with van der Waals surface area (Å²) in [6.07, 6.45) is 1.46. The molecule has 0 aromatic heterocycles. The Bertz CT molecular complexity index is 1130. The zero-order valence-corrected chi connectivity index (χ0v) is 19.0. The van der Waals surface area contributed by atoms with E-state index in [1.807, 2.05) is 0 Å². The van der Waals surface area contributed by atoms with Crippen molar-refractivity contribution in [3.05, 3.63) is 58.0 Å². The number of hydrogen-bond acceptors (Lipinski definition) is 8. The minimum atomic E-state index is -1.22. The Balaban J connectivity index is 1.96. The van der Waals surface area contributed by atoms with Crippen molar-refractivity contribution in [2.45, 2.75) is 6.92 Å². The average molecular weight is 474 g/mol. The van der Waals surface area contributed by atoms with Crippen molar-refractivity contribution in [2.75, 3.05) is 25.7 Å². The molecule has 0 atom stereocenters. The first-order valence-corrected chi connectivity index (χ1v) is 10.6. The molecule has 2 aromatic rings. The molecule has 1 amide bonds. The van der Waals surface area contributed by atoms with Crippen molar-refractivity contribution in [2.24, 2.45) is 0 Å². The molecule has 0 radical (unpaired) electrons. The highest BCUT2D eigenvalue weighted by Gasteiger charge is 2.34. The van der Waals surface area contributed by atoms with E-state index in [9.17, 15) is 19.5 Å². The molecule has 1 saturated heterocycles. The van der Waals surface area contributed by atoms with E-state index in [0.717, 1.165) is 11.8 Å². The van der Waals surface area contributed by atoms with Crippen LogP contribution < -0.4 is 14.4 Å². The number of thiocarbonyl (C=S) groups is 1. The maximum Gasteiger partial charge on any atom is 0.340 e. The Labute approximate surface area is 193 Å². The highest BCUT2D eigenvalue weighted by atomic mass is 32.2. The fourth-order valence-corrected chi connectivity index (χ4v) is 4.37. The fourth-order valence-electron chi connectivity index (χ4n) is 3.08. The number of ether oxygens (including phenoxy) is 3. The second-order valence-electron chi connectivity index (χ2n) is 6.35. The van der Waals surface area contributed by atoms with Gasteiger partial charge in [-0.1, -0.05) is 30.0 Å². The third-order valence-corrected chi connectivity index (χ3v) is 5.81. The van der Waals surface area contributed by atoms with Crippen molar-refractivity contribution in [1.82, 2.24) is 0 Å². The minimum Gasteiger partial charge on any atom is -0.493 e. The third kappa shape index (κ3) is 4.46. The maximum atomic E-state index is 13.1. The van der Waals surface area contributed by atoms with Crippen molar-refractivity contribution in [3.8, 4) is 11.5 Å². The number of amides is 1. The lowest BCUT2D eigenvalue weighted by Crippen LogP contribution is -2.27. The third-order valence-electron chi connectivity index (χ3n) is 4.51. The van der Waals surface area contributed by atoms with E-state index >= 15 is 0 Å². The van der Waals surface area contributed by atoms with Crippen molar-refractivity contribution >= 4 is 57.9 Å². The summed E-state index contributed by atoms with van der Waals surface area (Å²) in [5, 5.41) is 9.70. The number of carboxylic acids is 1. The van der Waals surface area contributed by atoms with Crippen LogP contribution in [0.4, 0.5) is 5.69 Å². The molecule has 1 fully saturated rings. The SMILES string of the molecule is CCOC(=O)c1ccc(N2C(=O)/C(=C/c3ccc(OC)c(OC)c3C(=O)O)SC2=S)cc1. The van der Waals surface area contributed by atoms with Gasteiger partial charge in [0.2, 0.25) is 0 Å². The van der Waals surface area contributed by atoms with Gasteiger partial charge in [-0.3, -0.25) is 9.69 Å². The van der Waals surface area contributed by atoms with Crippen LogP contribution in [-0.4, -0.2) is 48.1 Å². The number of anilines is 1. The number of carbonyl (C=O) groups excluding carboxylic acids is 2. The first-order valence-electron chi connectivity index (χ1n) is 9.35. The number of esters is 1. The molecular weight excluding hydrogens is 454 g/mol. The molecule has 1 aliphatic heterocycles. The Kier molecular flexibility index (Phi) is 7.16. The molecule has 10 heteroatoms. The number of methoxy groups -OCH3 is 2. The molecule has 0 saturated carbocycles. The van der Waals surface area contributed by atoms with E-state index in [1.54, 1.807) is 37.3 Å².